The molecule has 0 spiro atoms. The minimum Gasteiger partial charge on any atom is -0.478 e. The van der Waals surface area contributed by atoms with Gasteiger partial charge in [-0.05, 0) is 50.0 Å². The molecule has 1 atom stereocenters. The van der Waals surface area contributed by atoms with Crippen molar-refractivity contribution in [2.24, 2.45) is 5.92 Å². The maximum Gasteiger partial charge on any atom is 0.335 e. The largest absolute Gasteiger partial charge is 0.478 e. The van der Waals surface area contributed by atoms with Gasteiger partial charge >= 0.3 is 5.97 Å². The maximum absolute atomic E-state index is 10.9. The first kappa shape index (κ1) is 12.3. The number of carbonyl (C=O) groups is 1. The molecule has 1 aromatic carbocycles. The van der Waals surface area contributed by atoms with Gasteiger partial charge in [0, 0.05) is 12.6 Å². The summed E-state index contributed by atoms with van der Waals surface area (Å²) in [6, 6.07) is 5.32. The lowest BCUT2D eigenvalue weighted by Gasteiger charge is -2.45. The van der Waals surface area contributed by atoms with Gasteiger partial charge in [0.25, 0.3) is 0 Å². The normalized spacial score (nSPS) is 29.2. The number of carboxylic acid groups (broad SMARTS) is 1. The van der Waals surface area contributed by atoms with Crippen LogP contribution < -0.4 is 11.1 Å². The van der Waals surface area contributed by atoms with Crippen LogP contribution in [0.2, 0.25) is 0 Å². The Labute approximate surface area is 112 Å². The molecule has 4 N–H and O–H groups in total. The first-order valence-corrected chi connectivity index (χ1v) is 6.75. The smallest absolute Gasteiger partial charge is 0.335 e. The van der Waals surface area contributed by atoms with Gasteiger partial charge in [-0.3, -0.25) is 0 Å². The SMILES string of the molecule is Nc1cc(C(=O)O)ccc1NC1CN2CCC1CC2. The van der Waals surface area contributed by atoms with Crippen molar-refractivity contribution in [1.82, 2.24) is 4.90 Å². The fraction of sp³-hybridized carbons (Fsp3) is 0.500. The Morgan fingerprint density at radius 1 is 1.37 bits per heavy atom. The van der Waals surface area contributed by atoms with E-state index < -0.39 is 5.97 Å². The predicted molar refractivity (Wildman–Crippen MR) is 74.4 cm³/mol. The third-order valence-electron chi connectivity index (χ3n) is 4.30. The highest BCUT2D eigenvalue weighted by atomic mass is 16.4. The fourth-order valence-corrected chi connectivity index (χ4v) is 3.16. The summed E-state index contributed by atoms with van der Waals surface area (Å²) in [5.41, 5.74) is 7.53. The van der Waals surface area contributed by atoms with Gasteiger partial charge in [-0.25, -0.2) is 4.79 Å². The Hall–Kier alpha value is -1.75. The van der Waals surface area contributed by atoms with Crippen LogP contribution in [0.5, 0.6) is 0 Å². The molecule has 1 unspecified atom stereocenters. The molecule has 2 bridgehead atoms. The molecule has 3 aliphatic rings. The van der Waals surface area contributed by atoms with Crippen LogP contribution in [0, 0.1) is 5.92 Å². The van der Waals surface area contributed by atoms with Crippen LogP contribution in [-0.2, 0) is 0 Å². The molecule has 3 heterocycles. The molecule has 3 aliphatic heterocycles. The number of carboxylic acids is 1. The fourth-order valence-electron chi connectivity index (χ4n) is 3.16. The van der Waals surface area contributed by atoms with Gasteiger partial charge in [-0.2, -0.15) is 0 Å². The molecule has 0 aromatic heterocycles. The number of anilines is 2. The summed E-state index contributed by atoms with van der Waals surface area (Å²) in [6.45, 7) is 3.47. The summed E-state index contributed by atoms with van der Waals surface area (Å²) in [5.74, 6) is -0.232. The number of nitrogen functional groups attached to an aromatic ring is 1. The van der Waals surface area contributed by atoms with Crippen LogP contribution in [0.3, 0.4) is 0 Å². The minimum atomic E-state index is -0.943. The van der Waals surface area contributed by atoms with Crippen molar-refractivity contribution in [2.75, 3.05) is 30.7 Å². The highest BCUT2D eigenvalue weighted by Gasteiger charge is 2.34. The second kappa shape index (κ2) is 4.74. The Bertz CT molecular complexity index is 495. The second-order valence-electron chi connectivity index (χ2n) is 5.50. The Balaban J connectivity index is 1.75. The average Bonchev–Trinajstić information content (AvgIpc) is 2.42. The molecule has 0 aliphatic carbocycles. The van der Waals surface area contributed by atoms with Crippen molar-refractivity contribution < 1.29 is 9.90 Å². The van der Waals surface area contributed by atoms with Crippen LogP contribution in [0.4, 0.5) is 11.4 Å². The number of hydrogen-bond donors (Lipinski definition) is 3. The van der Waals surface area contributed by atoms with Crippen LogP contribution in [0.25, 0.3) is 0 Å². The minimum absolute atomic E-state index is 0.233. The molecule has 5 nitrogen and oxygen atoms in total. The third kappa shape index (κ3) is 2.38. The zero-order valence-corrected chi connectivity index (χ0v) is 10.8. The molecule has 19 heavy (non-hydrogen) atoms. The van der Waals surface area contributed by atoms with Crippen LogP contribution in [0.15, 0.2) is 18.2 Å². The van der Waals surface area contributed by atoms with E-state index in [4.69, 9.17) is 10.8 Å². The second-order valence-corrected chi connectivity index (χ2v) is 5.50. The number of rotatable bonds is 3. The molecule has 0 radical (unpaired) electrons. The van der Waals surface area contributed by atoms with E-state index in [0.717, 1.165) is 12.2 Å². The van der Waals surface area contributed by atoms with E-state index in [1.807, 2.05) is 0 Å². The summed E-state index contributed by atoms with van der Waals surface area (Å²) in [4.78, 5) is 13.3. The van der Waals surface area contributed by atoms with Crippen molar-refractivity contribution in [3.05, 3.63) is 23.8 Å². The standard InChI is InChI=1S/C14H19N3O2/c15-11-7-10(14(18)19)1-2-12(11)16-13-8-17-5-3-9(13)4-6-17/h1-2,7,9,13,16H,3-6,8,15H2,(H,18,19). The average molecular weight is 261 g/mol. The van der Waals surface area contributed by atoms with Crippen molar-refractivity contribution in [3.8, 4) is 0 Å². The lowest BCUT2D eigenvalue weighted by Crippen LogP contribution is -2.53. The Kier molecular flexibility index (Phi) is 3.06. The molecule has 5 heteroatoms. The van der Waals surface area contributed by atoms with Gasteiger partial charge in [0.15, 0.2) is 0 Å². The van der Waals surface area contributed by atoms with E-state index in [9.17, 15) is 4.79 Å². The zero-order chi connectivity index (χ0) is 13.4. The van der Waals surface area contributed by atoms with Crippen molar-refractivity contribution in [3.63, 3.8) is 0 Å². The molecular weight excluding hydrogens is 242 g/mol. The van der Waals surface area contributed by atoms with Gasteiger partial charge in [0.05, 0.1) is 16.9 Å². The number of benzene rings is 1. The van der Waals surface area contributed by atoms with Gasteiger partial charge in [0.2, 0.25) is 0 Å². The summed E-state index contributed by atoms with van der Waals surface area (Å²) in [7, 11) is 0. The quantitative estimate of drug-likeness (QED) is 0.718. The van der Waals surface area contributed by atoms with Crippen LogP contribution >= 0.6 is 0 Å². The molecule has 4 rings (SSSR count). The molecule has 1 aromatic rings. The number of aromatic carboxylic acids is 1. The third-order valence-corrected chi connectivity index (χ3v) is 4.30. The van der Waals surface area contributed by atoms with E-state index >= 15 is 0 Å². The van der Waals surface area contributed by atoms with Gasteiger partial charge < -0.3 is 21.1 Å². The number of nitrogens with one attached hydrogen (secondary N) is 1. The summed E-state index contributed by atoms with van der Waals surface area (Å²) in [5, 5.41) is 12.4. The van der Waals surface area contributed by atoms with Crippen molar-refractivity contribution in [2.45, 2.75) is 18.9 Å². The molecule has 0 amide bonds. The number of nitrogens with zero attached hydrogens (tertiary/aromatic N) is 1. The van der Waals surface area contributed by atoms with E-state index in [0.29, 0.717) is 17.6 Å². The van der Waals surface area contributed by atoms with Gasteiger partial charge in [0.1, 0.15) is 0 Å². The molecule has 3 fully saturated rings. The van der Waals surface area contributed by atoms with Crippen LogP contribution in [0.1, 0.15) is 23.2 Å². The Morgan fingerprint density at radius 2 is 2.11 bits per heavy atom. The lowest BCUT2D eigenvalue weighted by molar-refractivity contribution is 0.0697. The first-order chi connectivity index (χ1) is 9.13. The predicted octanol–water partition coefficient (Wildman–Crippen LogP) is 1.47. The van der Waals surface area contributed by atoms with E-state index in [-0.39, 0.29) is 5.56 Å². The lowest BCUT2D eigenvalue weighted by atomic mass is 9.84. The van der Waals surface area contributed by atoms with E-state index in [2.05, 4.69) is 10.2 Å². The van der Waals surface area contributed by atoms with Crippen molar-refractivity contribution >= 4 is 17.3 Å². The van der Waals surface area contributed by atoms with Crippen LogP contribution in [-0.4, -0.2) is 41.7 Å². The van der Waals surface area contributed by atoms with E-state index in [1.54, 1.807) is 12.1 Å². The van der Waals surface area contributed by atoms with E-state index in [1.165, 1.54) is 32.0 Å². The van der Waals surface area contributed by atoms with Gasteiger partial charge in [-0.15, -0.1) is 0 Å². The monoisotopic (exact) mass is 261 g/mol. The first-order valence-electron chi connectivity index (χ1n) is 6.75. The highest BCUT2D eigenvalue weighted by molar-refractivity contribution is 5.90. The molecular formula is C14H19N3O2. The topological polar surface area (TPSA) is 78.6 Å². The van der Waals surface area contributed by atoms with Crippen molar-refractivity contribution in [1.29, 1.82) is 0 Å². The summed E-state index contributed by atoms with van der Waals surface area (Å²) >= 11 is 0. The number of nitrogens with two attached hydrogens (primary N) is 1. The zero-order valence-electron chi connectivity index (χ0n) is 10.8. The highest BCUT2D eigenvalue weighted by Crippen LogP contribution is 2.31. The number of hydrogen-bond acceptors (Lipinski definition) is 4. The van der Waals surface area contributed by atoms with Gasteiger partial charge in [-0.1, -0.05) is 0 Å². The molecule has 102 valence electrons. The summed E-state index contributed by atoms with van der Waals surface area (Å²) < 4.78 is 0. The molecule has 3 saturated heterocycles. The Morgan fingerprint density at radius 3 is 2.63 bits per heavy atom. The number of fused-ring (bicyclic) bond motifs is 3. The molecule has 0 saturated carbocycles. The number of piperidine rings is 3. The maximum atomic E-state index is 10.9. The summed E-state index contributed by atoms with van der Waals surface area (Å²) in [6.07, 6.45) is 2.48.